The van der Waals surface area contributed by atoms with Gasteiger partial charge in [0.1, 0.15) is 18.9 Å². The van der Waals surface area contributed by atoms with E-state index < -0.39 is 11.8 Å². The molecule has 1 fully saturated rings. The lowest BCUT2D eigenvalue weighted by molar-refractivity contribution is -0.130. The van der Waals surface area contributed by atoms with Crippen molar-refractivity contribution in [1.29, 1.82) is 0 Å². The number of hydrogen-bond donors (Lipinski definition) is 1. The van der Waals surface area contributed by atoms with E-state index in [0.717, 1.165) is 12.8 Å². The first kappa shape index (κ1) is 18.9. The van der Waals surface area contributed by atoms with E-state index in [1.54, 1.807) is 29.2 Å². The number of rotatable bonds is 3. The van der Waals surface area contributed by atoms with Gasteiger partial charge in [-0.05, 0) is 49.2 Å². The molecule has 2 aliphatic heterocycles. The van der Waals surface area contributed by atoms with Gasteiger partial charge in [0, 0.05) is 18.8 Å². The Morgan fingerprint density at radius 1 is 0.966 bits per heavy atom. The van der Waals surface area contributed by atoms with Gasteiger partial charge in [0.25, 0.3) is 0 Å². The zero-order valence-corrected chi connectivity index (χ0v) is 15.8. The van der Waals surface area contributed by atoms with Gasteiger partial charge in [-0.25, -0.2) is 9.18 Å². The number of carbonyl (C=O) groups excluding carboxylic acids is 3. The lowest BCUT2D eigenvalue weighted by Gasteiger charge is -2.36. The Balaban J connectivity index is 1.55. The number of likely N-dealkylation sites (tertiary alicyclic amines) is 1. The minimum Gasteiger partial charge on any atom is -0.341 e. The first-order valence-corrected chi connectivity index (χ1v) is 9.54. The molecule has 0 aliphatic carbocycles. The highest BCUT2D eigenvalue weighted by atomic mass is 19.1. The average Bonchev–Trinajstić information content (AvgIpc) is 3.26. The van der Waals surface area contributed by atoms with Crippen LogP contribution in [0.4, 0.5) is 26.2 Å². The van der Waals surface area contributed by atoms with Crippen LogP contribution >= 0.6 is 0 Å². The molecule has 4 amide bonds. The Morgan fingerprint density at radius 2 is 1.62 bits per heavy atom. The van der Waals surface area contributed by atoms with Gasteiger partial charge in [-0.2, -0.15) is 0 Å². The Labute approximate surface area is 167 Å². The number of urea groups is 1. The topological polar surface area (TPSA) is 73.0 Å². The zero-order valence-electron chi connectivity index (χ0n) is 15.8. The van der Waals surface area contributed by atoms with E-state index >= 15 is 0 Å². The van der Waals surface area contributed by atoms with Crippen LogP contribution in [0.2, 0.25) is 0 Å². The molecule has 29 heavy (non-hydrogen) atoms. The molecule has 8 heteroatoms. The van der Waals surface area contributed by atoms with Gasteiger partial charge in [0.05, 0.1) is 11.4 Å². The normalized spacial score (nSPS) is 16.0. The van der Waals surface area contributed by atoms with Crippen LogP contribution in [0.5, 0.6) is 0 Å². The van der Waals surface area contributed by atoms with E-state index in [1.807, 2.05) is 0 Å². The highest BCUT2D eigenvalue weighted by Gasteiger charge is 2.34. The molecule has 0 unspecified atom stereocenters. The van der Waals surface area contributed by atoms with Crippen LogP contribution in [0.1, 0.15) is 12.8 Å². The summed E-state index contributed by atoms with van der Waals surface area (Å²) in [5.74, 6) is -0.819. The molecule has 0 spiro atoms. The van der Waals surface area contributed by atoms with E-state index in [2.05, 4.69) is 5.32 Å². The standard InChI is InChI=1S/C21H21FN4O3/c22-15-7-9-16(10-8-15)23-21(29)26-14-20(28)25(17-5-1-2-6-18(17)26)13-19(27)24-11-3-4-12-24/h1-2,5-10H,3-4,11-14H2,(H,23,29). The van der Waals surface area contributed by atoms with E-state index in [0.29, 0.717) is 30.2 Å². The van der Waals surface area contributed by atoms with Gasteiger partial charge in [-0.1, -0.05) is 12.1 Å². The van der Waals surface area contributed by atoms with Crippen LogP contribution in [0.15, 0.2) is 48.5 Å². The van der Waals surface area contributed by atoms with Crippen molar-refractivity contribution in [3.05, 3.63) is 54.3 Å². The summed E-state index contributed by atoms with van der Waals surface area (Å²) in [5, 5.41) is 2.68. The van der Waals surface area contributed by atoms with Crippen molar-refractivity contribution in [2.24, 2.45) is 0 Å². The molecular weight excluding hydrogens is 375 g/mol. The Bertz CT molecular complexity index is 941. The van der Waals surface area contributed by atoms with Gasteiger partial charge in [0.2, 0.25) is 11.8 Å². The number of nitrogens with one attached hydrogen (secondary N) is 1. The summed E-state index contributed by atoms with van der Waals surface area (Å²) in [4.78, 5) is 42.7. The second-order valence-corrected chi connectivity index (χ2v) is 7.08. The third kappa shape index (κ3) is 3.91. The highest BCUT2D eigenvalue weighted by Crippen LogP contribution is 2.33. The fraction of sp³-hybridized carbons (Fsp3) is 0.286. The van der Waals surface area contributed by atoms with Crippen LogP contribution in [-0.4, -0.2) is 48.9 Å². The number of carbonyl (C=O) groups is 3. The van der Waals surface area contributed by atoms with E-state index in [4.69, 9.17) is 0 Å². The number of nitrogens with zero attached hydrogens (tertiary/aromatic N) is 3. The fourth-order valence-corrected chi connectivity index (χ4v) is 3.64. The fourth-order valence-electron chi connectivity index (χ4n) is 3.64. The van der Waals surface area contributed by atoms with Crippen LogP contribution in [-0.2, 0) is 9.59 Å². The second-order valence-electron chi connectivity index (χ2n) is 7.08. The summed E-state index contributed by atoms with van der Waals surface area (Å²) >= 11 is 0. The second kappa shape index (κ2) is 7.90. The molecule has 1 saturated heterocycles. The summed E-state index contributed by atoms with van der Waals surface area (Å²) in [6.07, 6.45) is 1.96. The largest absolute Gasteiger partial charge is 0.341 e. The number of benzene rings is 2. The molecule has 2 aliphatic rings. The molecule has 0 aromatic heterocycles. The number of fused-ring (bicyclic) bond motifs is 1. The summed E-state index contributed by atoms with van der Waals surface area (Å²) < 4.78 is 13.1. The molecule has 2 heterocycles. The molecule has 7 nitrogen and oxygen atoms in total. The maximum atomic E-state index is 13.1. The van der Waals surface area contributed by atoms with E-state index in [1.165, 1.54) is 34.1 Å². The first-order chi connectivity index (χ1) is 14.0. The monoisotopic (exact) mass is 396 g/mol. The molecule has 150 valence electrons. The molecule has 2 aromatic carbocycles. The van der Waals surface area contributed by atoms with Crippen molar-refractivity contribution in [2.75, 3.05) is 41.3 Å². The number of hydrogen-bond acceptors (Lipinski definition) is 3. The minimum atomic E-state index is -0.497. The van der Waals surface area contributed by atoms with Crippen molar-refractivity contribution < 1.29 is 18.8 Å². The number of anilines is 3. The molecular formula is C21H21FN4O3. The lowest BCUT2D eigenvalue weighted by Crippen LogP contribution is -2.52. The van der Waals surface area contributed by atoms with Crippen molar-refractivity contribution in [1.82, 2.24) is 4.90 Å². The SMILES string of the molecule is O=C(CN1C(=O)CN(C(=O)Nc2ccc(F)cc2)c2ccccc21)N1CCCC1. The first-order valence-electron chi connectivity index (χ1n) is 9.54. The maximum Gasteiger partial charge on any atom is 0.326 e. The van der Waals surface area contributed by atoms with Crippen LogP contribution in [0.25, 0.3) is 0 Å². The molecule has 0 saturated carbocycles. The van der Waals surface area contributed by atoms with E-state index in [-0.39, 0.29) is 24.9 Å². The van der Waals surface area contributed by atoms with Gasteiger partial charge in [-0.3, -0.25) is 19.4 Å². The molecule has 2 aromatic rings. The zero-order chi connectivity index (χ0) is 20.4. The quantitative estimate of drug-likeness (QED) is 0.867. The molecule has 0 atom stereocenters. The smallest absolute Gasteiger partial charge is 0.326 e. The van der Waals surface area contributed by atoms with Crippen LogP contribution in [0.3, 0.4) is 0 Å². The number of amides is 4. The summed E-state index contributed by atoms with van der Waals surface area (Å²) in [5.41, 5.74) is 1.49. The van der Waals surface area contributed by atoms with Gasteiger partial charge >= 0.3 is 6.03 Å². The molecule has 4 rings (SSSR count). The van der Waals surface area contributed by atoms with Crippen molar-refractivity contribution in [2.45, 2.75) is 12.8 Å². The summed E-state index contributed by atoms with van der Waals surface area (Å²) in [6, 6.07) is 11.9. The third-order valence-electron chi connectivity index (χ3n) is 5.15. The molecule has 0 bridgehead atoms. The highest BCUT2D eigenvalue weighted by molar-refractivity contribution is 6.15. The maximum absolute atomic E-state index is 13.1. The third-order valence-corrected chi connectivity index (χ3v) is 5.15. The van der Waals surface area contributed by atoms with Gasteiger partial charge < -0.3 is 10.2 Å². The Morgan fingerprint density at radius 3 is 2.31 bits per heavy atom. The lowest BCUT2D eigenvalue weighted by atomic mass is 10.1. The Hall–Kier alpha value is -3.42. The number of halogens is 1. The van der Waals surface area contributed by atoms with Crippen molar-refractivity contribution >= 4 is 34.9 Å². The van der Waals surface area contributed by atoms with E-state index in [9.17, 15) is 18.8 Å². The van der Waals surface area contributed by atoms with Crippen molar-refractivity contribution in [3.63, 3.8) is 0 Å². The molecule has 0 radical (unpaired) electrons. The predicted octanol–water partition coefficient (Wildman–Crippen LogP) is 2.83. The van der Waals surface area contributed by atoms with Crippen LogP contribution in [0, 0.1) is 5.82 Å². The Kier molecular flexibility index (Phi) is 5.16. The summed E-state index contributed by atoms with van der Waals surface area (Å²) in [7, 11) is 0. The minimum absolute atomic E-state index is 0.0384. The predicted molar refractivity (Wildman–Crippen MR) is 107 cm³/mol. The molecule has 1 N–H and O–H groups in total. The van der Waals surface area contributed by atoms with Gasteiger partial charge in [0.15, 0.2) is 0 Å². The number of para-hydroxylation sites is 2. The summed E-state index contributed by atoms with van der Waals surface area (Å²) in [6.45, 7) is 1.21. The van der Waals surface area contributed by atoms with Crippen LogP contribution < -0.4 is 15.1 Å². The average molecular weight is 396 g/mol. The van der Waals surface area contributed by atoms with Gasteiger partial charge in [-0.15, -0.1) is 0 Å². The van der Waals surface area contributed by atoms with Crippen molar-refractivity contribution in [3.8, 4) is 0 Å².